The molecule has 0 bridgehead atoms. The normalized spacial score (nSPS) is 15.3. The van der Waals surface area contributed by atoms with Crippen LogP contribution in [0.2, 0.25) is 0 Å². The zero-order valence-electron chi connectivity index (χ0n) is 15.5. The number of fused-ring (bicyclic) bond motifs is 1. The van der Waals surface area contributed by atoms with Crippen molar-refractivity contribution in [2.45, 2.75) is 25.8 Å². The Balaban J connectivity index is 1.32. The molecule has 0 saturated carbocycles. The van der Waals surface area contributed by atoms with Crippen LogP contribution in [0.3, 0.4) is 0 Å². The lowest BCUT2D eigenvalue weighted by Gasteiger charge is -2.15. The van der Waals surface area contributed by atoms with Crippen LogP contribution in [0.25, 0.3) is 0 Å². The lowest BCUT2D eigenvalue weighted by Crippen LogP contribution is -2.23. The lowest BCUT2D eigenvalue weighted by molar-refractivity contribution is -0.128. The van der Waals surface area contributed by atoms with Gasteiger partial charge >= 0.3 is 5.97 Å². The molecule has 28 heavy (non-hydrogen) atoms. The molecule has 6 heteroatoms. The van der Waals surface area contributed by atoms with Crippen LogP contribution in [-0.4, -0.2) is 42.3 Å². The Kier molecular flexibility index (Phi) is 5.10. The molecule has 144 valence electrons. The predicted molar refractivity (Wildman–Crippen MR) is 101 cm³/mol. The molecule has 0 radical (unpaired) electrons. The first-order valence-corrected chi connectivity index (χ1v) is 9.43. The van der Waals surface area contributed by atoms with Gasteiger partial charge in [-0.15, -0.1) is 0 Å². The second-order valence-corrected chi connectivity index (χ2v) is 7.04. The Morgan fingerprint density at radius 3 is 2.57 bits per heavy atom. The van der Waals surface area contributed by atoms with Crippen LogP contribution in [0.5, 0.6) is 5.75 Å². The standard InChI is InChI=1S/C22H21NO5/c24-19(17-7-8-20-18(12-17)9-11-27-20)14-28-22(26)16-5-3-15(4-6-16)13-23-10-1-2-21(23)25/h3-8,12H,1-2,9-11,13-14H2. The van der Waals surface area contributed by atoms with Crippen LogP contribution in [0.15, 0.2) is 42.5 Å². The van der Waals surface area contributed by atoms with E-state index in [2.05, 4.69) is 0 Å². The van der Waals surface area contributed by atoms with Crippen molar-refractivity contribution in [2.75, 3.05) is 19.8 Å². The third kappa shape index (κ3) is 3.91. The molecule has 4 rings (SSSR count). The number of nitrogens with zero attached hydrogens (tertiary/aromatic N) is 1. The zero-order valence-corrected chi connectivity index (χ0v) is 15.5. The number of carbonyl (C=O) groups is 3. The van der Waals surface area contributed by atoms with Crippen LogP contribution in [0, 0.1) is 0 Å². The Hall–Kier alpha value is -3.15. The first kappa shape index (κ1) is 18.2. The van der Waals surface area contributed by atoms with Gasteiger partial charge in [-0.05, 0) is 47.9 Å². The van der Waals surface area contributed by atoms with Gasteiger partial charge in [-0.2, -0.15) is 0 Å². The maximum atomic E-state index is 12.3. The Bertz CT molecular complexity index is 919. The fourth-order valence-corrected chi connectivity index (χ4v) is 3.50. The van der Waals surface area contributed by atoms with E-state index in [1.807, 2.05) is 17.0 Å². The van der Waals surface area contributed by atoms with Crippen LogP contribution in [-0.2, 0) is 22.5 Å². The molecule has 6 nitrogen and oxygen atoms in total. The molecule has 0 spiro atoms. The van der Waals surface area contributed by atoms with Gasteiger partial charge in [0.25, 0.3) is 0 Å². The van der Waals surface area contributed by atoms with Crippen LogP contribution in [0.1, 0.15) is 44.7 Å². The molecule has 0 aromatic heterocycles. The van der Waals surface area contributed by atoms with Crippen molar-refractivity contribution in [3.63, 3.8) is 0 Å². The van der Waals surface area contributed by atoms with Gasteiger partial charge in [-0.25, -0.2) is 4.79 Å². The maximum absolute atomic E-state index is 12.3. The first-order valence-electron chi connectivity index (χ1n) is 9.43. The van der Waals surface area contributed by atoms with E-state index in [-0.39, 0.29) is 18.3 Å². The summed E-state index contributed by atoms with van der Waals surface area (Å²) in [6.07, 6.45) is 2.29. The Morgan fingerprint density at radius 1 is 1.04 bits per heavy atom. The SMILES string of the molecule is O=C(COC(=O)c1ccc(CN2CCCC2=O)cc1)c1ccc2c(c1)CCO2. The Morgan fingerprint density at radius 2 is 1.82 bits per heavy atom. The largest absolute Gasteiger partial charge is 0.493 e. The summed E-state index contributed by atoms with van der Waals surface area (Å²) in [7, 11) is 0. The molecule has 2 heterocycles. The van der Waals surface area contributed by atoms with Crippen molar-refractivity contribution in [3.05, 3.63) is 64.7 Å². The average molecular weight is 379 g/mol. The van der Waals surface area contributed by atoms with E-state index in [0.717, 1.165) is 36.3 Å². The zero-order chi connectivity index (χ0) is 19.5. The average Bonchev–Trinajstić information content (AvgIpc) is 3.34. The van der Waals surface area contributed by atoms with E-state index in [4.69, 9.17) is 9.47 Å². The number of likely N-dealkylation sites (tertiary alicyclic amines) is 1. The number of Topliss-reactive ketones (excluding diaryl/α,β-unsaturated/α-hetero) is 1. The molecule has 0 unspecified atom stereocenters. The third-order valence-corrected chi connectivity index (χ3v) is 5.08. The van der Waals surface area contributed by atoms with E-state index < -0.39 is 5.97 Å². The van der Waals surface area contributed by atoms with Crippen molar-refractivity contribution in [1.29, 1.82) is 0 Å². The number of hydrogen-bond donors (Lipinski definition) is 0. The number of ketones is 1. The minimum atomic E-state index is -0.540. The highest BCUT2D eigenvalue weighted by atomic mass is 16.5. The van der Waals surface area contributed by atoms with Gasteiger partial charge in [0, 0.05) is 31.5 Å². The van der Waals surface area contributed by atoms with E-state index >= 15 is 0 Å². The molecule has 0 N–H and O–H groups in total. The fraction of sp³-hybridized carbons (Fsp3) is 0.318. The molecular weight excluding hydrogens is 358 g/mol. The number of amides is 1. The van der Waals surface area contributed by atoms with Crippen LogP contribution in [0.4, 0.5) is 0 Å². The second kappa shape index (κ2) is 7.84. The minimum Gasteiger partial charge on any atom is -0.493 e. The predicted octanol–water partition coefficient (Wildman–Crippen LogP) is 2.78. The second-order valence-electron chi connectivity index (χ2n) is 7.04. The van der Waals surface area contributed by atoms with Crippen LogP contribution >= 0.6 is 0 Å². The van der Waals surface area contributed by atoms with Gasteiger partial charge in [-0.1, -0.05) is 12.1 Å². The van der Waals surface area contributed by atoms with Gasteiger partial charge in [-0.3, -0.25) is 9.59 Å². The summed E-state index contributed by atoms with van der Waals surface area (Å²) in [4.78, 5) is 38.0. The summed E-state index contributed by atoms with van der Waals surface area (Å²) in [5.74, 6) is 0.193. The molecule has 0 aliphatic carbocycles. The molecular formula is C22H21NO5. The molecule has 2 aromatic carbocycles. The van der Waals surface area contributed by atoms with Gasteiger partial charge in [0.1, 0.15) is 5.75 Å². The van der Waals surface area contributed by atoms with E-state index in [9.17, 15) is 14.4 Å². The number of ether oxygens (including phenoxy) is 2. The summed E-state index contributed by atoms with van der Waals surface area (Å²) in [5.41, 5.74) is 2.86. The molecule has 0 atom stereocenters. The Labute approximate surface area is 163 Å². The quantitative estimate of drug-likeness (QED) is 0.570. The highest BCUT2D eigenvalue weighted by Gasteiger charge is 2.20. The van der Waals surface area contributed by atoms with Crippen molar-refractivity contribution in [1.82, 2.24) is 4.90 Å². The van der Waals surface area contributed by atoms with Crippen molar-refractivity contribution < 1.29 is 23.9 Å². The van der Waals surface area contributed by atoms with Gasteiger partial charge in [0.2, 0.25) is 5.91 Å². The fourth-order valence-electron chi connectivity index (χ4n) is 3.50. The van der Waals surface area contributed by atoms with Crippen molar-refractivity contribution >= 4 is 17.7 Å². The van der Waals surface area contributed by atoms with E-state index in [1.165, 1.54) is 0 Å². The maximum Gasteiger partial charge on any atom is 0.338 e. The van der Waals surface area contributed by atoms with Crippen molar-refractivity contribution in [3.8, 4) is 5.75 Å². The molecule has 2 aliphatic rings. The number of hydrogen-bond acceptors (Lipinski definition) is 5. The summed E-state index contributed by atoms with van der Waals surface area (Å²) in [6, 6.07) is 12.2. The summed E-state index contributed by atoms with van der Waals surface area (Å²) >= 11 is 0. The smallest absolute Gasteiger partial charge is 0.338 e. The summed E-state index contributed by atoms with van der Waals surface area (Å²) in [5, 5.41) is 0. The van der Waals surface area contributed by atoms with Crippen LogP contribution < -0.4 is 4.74 Å². The number of esters is 1. The molecule has 1 fully saturated rings. The molecule has 2 aromatic rings. The van der Waals surface area contributed by atoms with Crippen molar-refractivity contribution in [2.24, 2.45) is 0 Å². The molecule has 1 amide bonds. The van der Waals surface area contributed by atoms with Gasteiger partial charge in [0.05, 0.1) is 12.2 Å². The van der Waals surface area contributed by atoms with E-state index in [0.29, 0.717) is 30.7 Å². The van der Waals surface area contributed by atoms with E-state index in [1.54, 1.807) is 30.3 Å². The molecule has 2 aliphatic heterocycles. The number of benzene rings is 2. The molecule has 1 saturated heterocycles. The number of carbonyl (C=O) groups excluding carboxylic acids is 3. The summed E-state index contributed by atoms with van der Waals surface area (Å²) < 4.78 is 10.6. The highest BCUT2D eigenvalue weighted by molar-refractivity contribution is 5.99. The highest BCUT2D eigenvalue weighted by Crippen LogP contribution is 2.26. The third-order valence-electron chi connectivity index (χ3n) is 5.08. The topological polar surface area (TPSA) is 72.9 Å². The number of rotatable bonds is 6. The first-order chi connectivity index (χ1) is 13.6. The van der Waals surface area contributed by atoms with Gasteiger partial charge < -0.3 is 14.4 Å². The minimum absolute atomic E-state index is 0.167. The monoisotopic (exact) mass is 379 g/mol. The lowest BCUT2D eigenvalue weighted by atomic mass is 10.1. The van der Waals surface area contributed by atoms with Gasteiger partial charge in [0.15, 0.2) is 12.4 Å². The summed E-state index contributed by atoms with van der Waals surface area (Å²) in [6.45, 7) is 1.65.